The van der Waals surface area contributed by atoms with Gasteiger partial charge in [0.05, 0.1) is 108 Å². The van der Waals surface area contributed by atoms with Crippen molar-refractivity contribution in [2.75, 3.05) is 180 Å². The number of rotatable bonds is 27. The predicted octanol–water partition coefficient (Wildman–Crippen LogP) is 17.3. The summed E-state index contributed by atoms with van der Waals surface area (Å²) in [5, 5.41) is 19.1. The van der Waals surface area contributed by atoms with Gasteiger partial charge in [-0.3, -0.25) is 19.4 Å². The summed E-state index contributed by atoms with van der Waals surface area (Å²) < 4.78 is 106. The standard InChI is InChI=1S/C32H41N6O3P.C30H40ClN6O4PS.C26H31ClN5O5PS/c1-7-29(39)25-20-23(42(5,6)40)12-14-27(25)33-31-24-9-8-10-26(24)34-32(36-31)35-28-13-11-22(19-30(28)41-4)38-17-15-37(16-18-38)21(2)3;1-21(2)43(39,40)28-8-6-5-7-26(28)33-29-24(31)20-32-30(35-29)34-25-10-9-23(19-27(25)41-3)36-13-11-22(12-14-36)37-15-17-42(4,38)18-16-37;1-17(2)39(35,36)23-8-6-5-7-21(23)29-24-19(27)16-28-26(31-24)30-20-10-9-18(15-22(20)37-3)25(33)32-11-13-38(4,34)14-12-32/h8-9,11-14,19-21H,7,10,15-18H2,1-6H3,(H2,33,34,35,36);5-10,19-22H,11-18H2,1-4H3,(H2,32,33,34,35);5-10,15-17H,11-14H2,1-4H3,(H2,28,29,30,31). The van der Waals surface area contributed by atoms with E-state index in [-0.39, 0.29) is 55.1 Å². The Labute approximate surface area is 738 Å². The minimum Gasteiger partial charge on any atom is -0.495 e. The maximum Gasteiger partial charge on any atom is 0.254 e. The molecule has 0 bridgehead atoms. The van der Waals surface area contributed by atoms with Crippen LogP contribution < -0.4 is 61.2 Å². The number of anilines is 14. The molecule has 5 aliphatic rings. The number of amides is 1. The van der Waals surface area contributed by atoms with Crippen molar-refractivity contribution in [3.8, 4) is 17.2 Å². The Balaban J connectivity index is 0.000000170. The van der Waals surface area contributed by atoms with Crippen LogP contribution in [0, 0.1) is 0 Å². The lowest BCUT2D eigenvalue weighted by atomic mass is 10.0. The molecule has 6 N–H and O–H groups in total. The van der Waals surface area contributed by atoms with Crippen molar-refractivity contribution in [2.45, 2.75) is 107 Å². The highest BCUT2D eigenvalue weighted by molar-refractivity contribution is 7.92. The number of piperidine rings is 1. The molecule has 7 heterocycles. The smallest absolute Gasteiger partial charge is 0.254 e. The van der Waals surface area contributed by atoms with Crippen LogP contribution >= 0.6 is 44.6 Å². The molecule has 1 aliphatic carbocycles. The fourth-order valence-corrected chi connectivity index (χ4v) is 21.7. The van der Waals surface area contributed by atoms with Crippen LogP contribution in [-0.4, -0.2) is 234 Å². The summed E-state index contributed by atoms with van der Waals surface area (Å²) in [6.45, 7) is 28.7. The molecule has 29 nitrogen and oxygen atoms in total. The van der Waals surface area contributed by atoms with E-state index in [0.29, 0.717) is 124 Å². The number of para-hydroxylation sites is 2. The molecule has 0 radical (unpaired) electrons. The Hall–Kier alpha value is -9.67. The molecular weight excluding hydrogens is 1720 g/mol. The Kier molecular flexibility index (Phi) is 30.4. The number of benzene rings is 6. The first-order valence-corrected chi connectivity index (χ1v) is 53.0. The lowest BCUT2D eigenvalue weighted by Crippen LogP contribution is -2.48. The number of nitrogens with zero attached hydrogens (tertiary/aromatic N) is 11. The zero-order valence-corrected chi connectivity index (χ0v) is 78.5. The zero-order valence-electron chi connectivity index (χ0n) is 72.6. The minimum atomic E-state index is -3.56. The molecule has 36 heteroatoms. The van der Waals surface area contributed by atoms with E-state index in [9.17, 15) is 40.1 Å². The third kappa shape index (κ3) is 22.9. The highest BCUT2D eigenvalue weighted by atomic mass is 35.5. The Bertz CT molecular complexity index is 5810. The van der Waals surface area contributed by atoms with Crippen LogP contribution in [0.2, 0.25) is 10.0 Å². The first-order chi connectivity index (χ1) is 58.9. The number of aromatic nitrogens is 6. The van der Waals surface area contributed by atoms with Gasteiger partial charge >= 0.3 is 0 Å². The Morgan fingerprint density at radius 2 is 0.984 bits per heavy atom. The van der Waals surface area contributed by atoms with E-state index in [1.807, 2.05) is 56.1 Å². The molecule has 0 spiro atoms. The van der Waals surface area contributed by atoms with E-state index in [0.717, 1.165) is 106 Å². The highest BCUT2D eigenvalue weighted by Gasteiger charge is 2.34. The van der Waals surface area contributed by atoms with Crippen molar-refractivity contribution in [1.29, 1.82) is 0 Å². The van der Waals surface area contributed by atoms with Crippen molar-refractivity contribution in [3.05, 3.63) is 172 Å². The van der Waals surface area contributed by atoms with Crippen molar-refractivity contribution >= 4 is 168 Å². The average molecular weight is 1830 g/mol. The topological polar surface area (TPSA) is 347 Å². The molecule has 3 aromatic heterocycles. The monoisotopic (exact) mass is 1830 g/mol. The SMILES string of the molecule is CCC(=O)c1cc(P(C)(C)=O)ccc1Nc1nc(Nc2ccc(N3CCN(C(C)C)CC3)cc2OC)nc2c1C=CC2.COc1cc(C(=O)N2CCP(C)(=O)CC2)ccc1Nc1ncc(Cl)c(Nc2ccccc2S(=O)(=O)C(C)C)n1.COc1cc(N2CCC(N3CCP(C)(=O)CC3)CC2)ccc1Nc1ncc(Cl)c(Nc2ccccc2S(=O)(=O)C(C)C)n1. The molecule has 662 valence electrons. The van der Waals surface area contributed by atoms with Crippen LogP contribution in [0.15, 0.2) is 150 Å². The van der Waals surface area contributed by atoms with Crippen molar-refractivity contribution in [3.63, 3.8) is 0 Å². The van der Waals surface area contributed by atoms with Crippen LogP contribution in [0.4, 0.5) is 80.8 Å². The van der Waals surface area contributed by atoms with Crippen LogP contribution in [0.1, 0.15) is 99.7 Å². The number of methoxy groups -OCH3 is 3. The summed E-state index contributed by atoms with van der Waals surface area (Å²) in [6, 6.07) is 36.9. The van der Waals surface area contributed by atoms with E-state index in [2.05, 4.69) is 103 Å². The highest BCUT2D eigenvalue weighted by Crippen LogP contribution is 2.46. The number of carbonyl (C=O) groups excluding carboxylic acids is 2. The van der Waals surface area contributed by atoms with Crippen molar-refractivity contribution in [1.82, 2.24) is 44.6 Å². The van der Waals surface area contributed by atoms with Crippen molar-refractivity contribution in [2.24, 2.45) is 0 Å². The zero-order chi connectivity index (χ0) is 89.2. The van der Waals surface area contributed by atoms with Gasteiger partial charge in [0.1, 0.15) is 40.3 Å². The second kappa shape index (κ2) is 40.3. The first-order valence-electron chi connectivity index (χ1n) is 41.5. The summed E-state index contributed by atoms with van der Waals surface area (Å²) in [5.41, 5.74) is 8.28. The second-order valence-corrected chi connectivity index (χ2v) is 48.7. The van der Waals surface area contributed by atoms with Gasteiger partial charge in [-0.05, 0) is 166 Å². The third-order valence-electron chi connectivity index (χ3n) is 22.7. The van der Waals surface area contributed by atoms with Gasteiger partial charge in [0, 0.05) is 161 Å². The molecular formula is C88H112Cl2N17O12P3S2. The summed E-state index contributed by atoms with van der Waals surface area (Å²) in [7, 11) is -8.91. The number of ether oxygens (including phenoxy) is 3. The fraction of sp³-hybridized carbons (Fsp3) is 0.409. The molecule has 4 aliphatic heterocycles. The molecule has 9 aromatic rings. The fourth-order valence-electron chi connectivity index (χ4n) is 15.0. The summed E-state index contributed by atoms with van der Waals surface area (Å²) in [4.78, 5) is 64.8. The Morgan fingerprint density at radius 3 is 1.47 bits per heavy atom. The van der Waals surface area contributed by atoms with Gasteiger partial charge in [-0.25, -0.2) is 31.8 Å². The van der Waals surface area contributed by atoms with E-state index >= 15 is 0 Å². The van der Waals surface area contributed by atoms with E-state index in [1.165, 1.54) is 25.6 Å². The molecule has 4 fully saturated rings. The number of sulfone groups is 2. The number of carbonyl (C=O) groups is 2. The van der Waals surface area contributed by atoms with Crippen LogP contribution in [0.3, 0.4) is 0 Å². The molecule has 0 atom stereocenters. The normalized spacial score (nSPS) is 16.2. The number of nitrogens with one attached hydrogen (secondary N) is 6. The van der Waals surface area contributed by atoms with Gasteiger partial charge in [-0.2, -0.15) is 15.0 Å². The van der Waals surface area contributed by atoms with Crippen LogP contribution in [-0.2, 0) is 39.8 Å². The number of piperazine rings is 1. The van der Waals surface area contributed by atoms with Gasteiger partial charge < -0.3 is 74.5 Å². The number of hydrogen-bond acceptors (Lipinski definition) is 28. The minimum absolute atomic E-state index is 0.0252. The number of fused-ring (bicyclic) bond motifs is 1. The van der Waals surface area contributed by atoms with Crippen LogP contribution in [0.5, 0.6) is 17.2 Å². The Morgan fingerprint density at radius 1 is 0.532 bits per heavy atom. The second-order valence-electron chi connectivity index (χ2n) is 32.8. The first kappa shape index (κ1) is 93.5. The van der Waals surface area contributed by atoms with Crippen LogP contribution in [0.25, 0.3) is 6.08 Å². The lowest BCUT2D eigenvalue weighted by molar-refractivity contribution is 0.0769. The van der Waals surface area contributed by atoms with Gasteiger partial charge in [-0.1, -0.05) is 66.5 Å². The number of allylic oxidation sites excluding steroid dienone is 1. The van der Waals surface area contributed by atoms with Gasteiger partial charge in [-0.15, -0.1) is 0 Å². The summed E-state index contributed by atoms with van der Waals surface area (Å²) in [5.74, 6) is 3.57. The molecule has 124 heavy (non-hydrogen) atoms. The molecule has 6 aromatic carbocycles. The van der Waals surface area contributed by atoms with E-state index < -0.39 is 51.6 Å². The largest absolute Gasteiger partial charge is 0.495 e. The van der Waals surface area contributed by atoms with Gasteiger partial charge in [0.15, 0.2) is 37.1 Å². The molecule has 4 saturated heterocycles. The van der Waals surface area contributed by atoms with Crippen molar-refractivity contribution < 1.29 is 54.3 Å². The third-order valence-corrected chi connectivity index (χ3v) is 33.8. The number of hydrogen-bond donors (Lipinski definition) is 6. The molecule has 0 saturated carbocycles. The van der Waals surface area contributed by atoms with E-state index in [1.54, 1.807) is 134 Å². The van der Waals surface area contributed by atoms with E-state index in [4.69, 9.17) is 47.4 Å². The maximum absolute atomic E-state index is 13.0. The number of Topliss-reactive ketones (excluding diaryl/α,β-unsaturated/α-hetero) is 1. The number of ketones is 1. The van der Waals surface area contributed by atoms with Gasteiger partial charge in [0.2, 0.25) is 17.8 Å². The molecule has 1 amide bonds. The molecule has 0 unspecified atom stereocenters. The quantitative estimate of drug-likeness (QED) is 0.0206. The summed E-state index contributed by atoms with van der Waals surface area (Å²) >= 11 is 12.7. The number of halogens is 2. The predicted molar refractivity (Wildman–Crippen MR) is 503 cm³/mol. The average Bonchev–Trinajstić information content (AvgIpc) is 1.31. The summed E-state index contributed by atoms with van der Waals surface area (Å²) in [6.07, 6.45) is 12.8. The lowest BCUT2D eigenvalue weighted by Gasteiger charge is -2.42. The molecule has 14 rings (SSSR count). The maximum atomic E-state index is 13.0. The van der Waals surface area contributed by atoms with Gasteiger partial charge in [0.25, 0.3) is 5.91 Å².